The lowest BCUT2D eigenvalue weighted by Gasteiger charge is -2.06. The van der Waals surface area contributed by atoms with Crippen LogP contribution in [-0.4, -0.2) is 32.0 Å². The van der Waals surface area contributed by atoms with Gasteiger partial charge in [-0.1, -0.05) is 17.3 Å². The van der Waals surface area contributed by atoms with Crippen LogP contribution < -0.4 is 5.32 Å². The second-order valence-electron chi connectivity index (χ2n) is 5.01. The van der Waals surface area contributed by atoms with Crippen LogP contribution in [0.1, 0.15) is 12.8 Å². The number of rotatable bonds is 5. The molecule has 1 saturated carbocycles. The quantitative estimate of drug-likeness (QED) is 0.865. The van der Waals surface area contributed by atoms with Gasteiger partial charge in [0.1, 0.15) is 6.54 Å². The number of aromatic nitrogens is 3. The third-order valence-corrected chi connectivity index (χ3v) is 3.30. The van der Waals surface area contributed by atoms with Crippen LogP contribution in [0.2, 0.25) is 0 Å². The third kappa shape index (κ3) is 3.07. The number of carboxylic acid groups (broad SMARTS) is 1. The molecule has 1 aliphatic carbocycles. The number of amides is 1. The lowest BCUT2D eigenvalue weighted by molar-refractivity contribution is -0.137. The summed E-state index contributed by atoms with van der Waals surface area (Å²) in [4.78, 5) is 22.4. The maximum atomic E-state index is 11.7. The van der Waals surface area contributed by atoms with Gasteiger partial charge in [-0.25, -0.2) is 4.68 Å². The third-order valence-electron chi connectivity index (χ3n) is 3.30. The lowest BCUT2D eigenvalue weighted by Crippen LogP contribution is -2.13. The number of nitrogens with zero attached hydrogens (tertiary/aromatic N) is 3. The average molecular weight is 286 g/mol. The fraction of sp³-hybridized carbons (Fsp3) is 0.286. The van der Waals surface area contributed by atoms with Gasteiger partial charge in [-0.15, -0.1) is 5.10 Å². The van der Waals surface area contributed by atoms with E-state index in [9.17, 15) is 9.59 Å². The van der Waals surface area contributed by atoms with Crippen molar-refractivity contribution < 1.29 is 14.7 Å². The van der Waals surface area contributed by atoms with E-state index in [1.165, 1.54) is 10.9 Å². The average Bonchev–Trinajstić information content (AvgIpc) is 3.21. The first-order chi connectivity index (χ1) is 10.1. The van der Waals surface area contributed by atoms with E-state index in [4.69, 9.17) is 5.11 Å². The van der Waals surface area contributed by atoms with Crippen molar-refractivity contribution in [2.24, 2.45) is 5.92 Å². The highest BCUT2D eigenvalue weighted by molar-refractivity contribution is 5.94. The summed E-state index contributed by atoms with van der Waals surface area (Å²) < 4.78 is 1.32. The molecular formula is C14H14N4O3. The van der Waals surface area contributed by atoms with Gasteiger partial charge >= 0.3 is 5.97 Å². The maximum absolute atomic E-state index is 11.7. The maximum Gasteiger partial charge on any atom is 0.325 e. The Morgan fingerprint density at radius 1 is 1.29 bits per heavy atom. The molecule has 1 fully saturated rings. The summed E-state index contributed by atoms with van der Waals surface area (Å²) in [6, 6.07) is 7.18. The number of aliphatic carboxylic acids is 1. The zero-order valence-electron chi connectivity index (χ0n) is 11.2. The van der Waals surface area contributed by atoms with Crippen molar-refractivity contribution in [3.8, 4) is 11.3 Å². The molecule has 1 aromatic carbocycles. The Labute approximate surface area is 120 Å². The molecule has 0 atom stereocenters. The van der Waals surface area contributed by atoms with E-state index >= 15 is 0 Å². The molecule has 0 bridgehead atoms. The van der Waals surface area contributed by atoms with Crippen LogP contribution in [0, 0.1) is 5.92 Å². The van der Waals surface area contributed by atoms with Crippen LogP contribution in [0.3, 0.4) is 0 Å². The molecule has 0 spiro atoms. The van der Waals surface area contributed by atoms with Crippen molar-refractivity contribution >= 4 is 17.6 Å². The highest BCUT2D eigenvalue weighted by atomic mass is 16.4. The number of carbonyl (C=O) groups excluding carboxylic acids is 1. The fourth-order valence-corrected chi connectivity index (χ4v) is 2.04. The molecule has 108 valence electrons. The topological polar surface area (TPSA) is 97.1 Å². The van der Waals surface area contributed by atoms with Gasteiger partial charge in [-0.3, -0.25) is 9.59 Å². The molecule has 2 N–H and O–H groups in total. The van der Waals surface area contributed by atoms with Gasteiger partial charge in [-0.05, 0) is 25.0 Å². The minimum atomic E-state index is -0.977. The van der Waals surface area contributed by atoms with Gasteiger partial charge in [0.05, 0.1) is 11.9 Å². The second kappa shape index (κ2) is 5.35. The Bertz CT molecular complexity index is 674. The highest BCUT2D eigenvalue weighted by Gasteiger charge is 2.29. The van der Waals surface area contributed by atoms with Crippen molar-refractivity contribution in [1.29, 1.82) is 0 Å². The molecule has 0 aliphatic heterocycles. The zero-order valence-corrected chi connectivity index (χ0v) is 11.2. The zero-order chi connectivity index (χ0) is 14.8. The molecule has 0 unspecified atom stereocenters. The number of anilines is 1. The first kappa shape index (κ1) is 13.3. The summed E-state index contributed by atoms with van der Waals surface area (Å²) in [6.07, 6.45) is 3.44. The van der Waals surface area contributed by atoms with Crippen LogP contribution in [0.4, 0.5) is 5.69 Å². The van der Waals surface area contributed by atoms with Gasteiger partial charge in [0, 0.05) is 17.2 Å². The fourth-order valence-electron chi connectivity index (χ4n) is 2.04. The molecule has 7 nitrogen and oxygen atoms in total. The minimum Gasteiger partial charge on any atom is -0.480 e. The van der Waals surface area contributed by atoms with Crippen molar-refractivity contribution in [3.63, 3.8) is 0 Å². The number of hydrogen-bond donors (Lipinski definition) is 2. The van der Waals surface area contributed by atoms with Gasteiger partial charge < -0.3 is 10.4 Å². The smallest absolute Gasteiger partial charge is 0.325 e. The number of benzene rings is 1. The minimum absolute atomic E-state index is 0.0559. The van der Waals surface area contributed by atoms with E-state index in [1.54, 1.807) is 24.3 Å². The molecule has 0 radical (unpaired) electrons. The Morgan fingerprint density at radius 2 is 2.00 bits per heavy atom. The molecule has 0 saturated heterocycles. The Balaban J connectivity index is 1.75. The van der Waals surface area contributed by atoms with Gasteiger partial charge in [0.2, 0.25) is 5.91 Å². The number of carboxylic acids is 1. The molecule has 1 amide bonds. The van der Waals surface area contributed by atoms with Crippen LogP contribution in [0.5, 0.6) is 0 Å². The Morgan fingerprint density at radius 3 is 2.62 bits per heavy atom. The Hall–Kier alpha value is -2.70. The number of hydrogen-bond acceptors (Lipinski definition) is 4. The predicted octanol–water partition coefficient (Wildman–Crippen LogP) is 1.38. The molecule has 3 rings (SSSR count). The van der Waals surface area contributed by atoms with Crippen LogP contribution >= 0.6 is 0 Å². The molecule has 1 aliphatic rings. The van der Waals surface area contributed by atoms with Gasteiger partial charge in [0.15, 0.2) is 0 Å². The summed E-state index contributed by atoms with van der Waals surface area (Å²) in [5, 5.41) is 19.2. The van der Waals surface area contributed by atoms with E-state index in [0.29, 0.717) is 5.69 Å². The number of carbonyl (C=O) groups is 2. The van der Waals surface area contributed by atoms with E-state index in [-0.39, 0.29) is 18.4 Å². The summed E-state index contributed by atoms with van der Waals surface area (Å²) in [5.41, 5.74) is 2.15. The van der Waals surface area contributed by atoms with Crippen LogP contribution in [0.25, 0.3) is 11.3 Å². The van der Waals surface area contributed by atoms with Gasteiger partial charge in [0.25, 0.3) is 0 Å². The predicted molar refractivity (Wildman–Crippen MR) is 74.4 cm³/mol. The van der Waals surface area contributed by atoms with Gasteiger partial charge in [-0.2, -0.15) is 0 Å². The summed E-state index contributed by atoms with van der Waals surface area (Å²) in [6.45, 7) is -0.241. The van der Waals surface area contributed by atoms with E-state index in [2.05, 4.69) is 15.6 Å². The van der Waals surface area contributed by atoms with Crippen molar-refractivity contribution in [2.75, 3.05) is 5.32 Å². The lowest BCUT2D eigenvalue weighted by atomic mass is 10.1. The standard InChI is InChI=1S/C14H14N4O3/c19-13(20)8-18-12(7-15-17-18)9-3-5-11(6-4-9)16-14(21)10-1-2-10/h3-7,10H,1-2,8H2,(H,16,21)(H,19,20). The van der Waals surface area contributed by atoms with Crippen molar-refractivity contribution in [1.82, 2.24) is 15.0 Å². The molecule has 21 heavy (non-hydrogen) atoms. The highest BCUT2D eigenvalue weighted by Crippen LogP contribution is 2.30. The monoisotopic (exact) mass is 286 g/mol. The first-order valence-corrected chi connectivity index (χ1v) is 6.65. The van der Waals surface area contributed by atoms with Crippen LogP contribution in [0.15, 0.2) is 30.5 Å². The second-order valence-corrected chi connectivity index (χ2v) is 5.01. The van der Waals surface area contributed by atoms with Crippen molar-refractivity contribution in [3.05, 3.63) is 30.5 Å². The number of nitrogens with one attached hydrogen (secondary N) is 1. The van der Waals surface area contributed by atoms with E-state index < -0.39 is 5.97 Å². The molecule has 2 aromatic rings. The molecular weight excluding hydrogens is 272 g/mol. The largest absolute Gasteiger partial charge is 0.480 e. The SMILES string of the molecule is O=C(O)Cn1nncc1-c1ccc(NC(=O)C2CC2)cc1. The molecule has 1 aromatic heterocycles. The van der Waals surface area contributed by atoms with E-state index in [1.807, 2.05) is 0 Å². The summed E-state index contributed by atoms with van der Waals surface area (Å²) in [5.74, 6) is -0.763. The van der Waals surface area contributed by atoms with Crippen molar-refractivity contribution in [2.45, 2.75) is 19.4 Å². The van der Waals surface area contributed by atoms with E-state index in [0.717, 1.165) is 24.1 Å². The molecule has 7 heteroatoms. The summed E-state index contributed by atoms with van der Waals surface area (Å²) in [7, 11) is 0. The Kier molecular flexibility index (Phi) is 3.39. The molecule has 1 heterocycles. The first-order valence-electron chi connectivity index (χ1n) is 6.65. The van der Waals surface area contributed by atoms with Crippen LogP contribution in [-0.2, 0) is 16.1 Å². The normalized spacial score (nSPS) is 13.9. The summed E-state index contributed by atoms with van der Waals surface area (Å²) >= 11 is 0.